The average Bonchev–Trinajstić information content (AvgIpc) is 2.79. The number of aromatic nitrogens is 2. The van der Waals surface area contributed by atoms with Crippen molar-refractivity contribution in [2.75, 3.05) is 24.6 Å². The zero-order valence-corrected chi connectivity index (χ0v) is 19.0. The van der Waals surface area contributed by atoms with E-state index in [1.165, 1.54) is 17.3 Å². The summed E-state index contributed by atoms with van der Waals surface area (Å²) < 4.78 is 20.6. The summed E-state index contributed by atoms with van der Waals surface area (Å²) in [5.74, 6) is 0.767. The van der Waals surface area contributed by atoms with E-state index in [2.05, 4.69) is 52.2 Å². The molecule has 0 aliphatic carbocycles. The minimum Gasteiger partial charge on any atom is -0.488 e. The summed E-state index contributed by atoms with van der Waals surface area (Å²) in [5, 5.41) is 3.85. The highest BCUT2D eigenvalue weighted by molar-refractivity contribution is 6.33. The summed E-state index contributed by atoms with van der Waals surface area (Å²) in [6.45, 7) is 7.47. The molecule has 1 aromatic heterocycles. The van der Waals surface area contributed by atoms with Crippen LogP contribution in [-0.4, -0.2) is 35.7 Å². The number of rotatable bonds is 4. The van der Waals surface area contributed by atoms with Gasteiger partial charge in [0.2, 0.25) is 0 Å². The van der Waals surface area contributed by atoms with Gasteiger partial charge < -0.3 is 15.0 Å². The molecule has 2 aliphatic rings. The maximum Gasteiger partial charge on any atom is 0.167 e. The third kappa shape index (κ3) is 4.05. The molecule has 0 saturated carbocycles. The van der Waals surface area contributed by atoms with Gasteiger partial charge in [0.25, 0.3) is 0 Å². The van der Waals surface area contributed by atoms with Gasteiger partial charge in [-0.1, -0.05) is 29.8 Å². The Balaban J connectivity index is 1.49. The van der Waals surface area contributed by atoms with Crippen LogP contribution in [-0.2, 0) is 19.4 Å². The van der Waals surface area contributed by atoms with Crippen molar-refractivity contribution in [2.24, 2.45) is 0 Å². The fraction of sp³-hybridized carbons (Fsp3) is 0.360. The summed E-state index contributed by atoms with van der Waals surface area (Å²) in [6, 6.07) is 10.4. The number of benzene rings is 2. The first-order chi connectivity index (χ1) is 15.5. The van der Waals surface area contributed by atoms with Crippen LogP contribution < -0.4 is 15.0 Å². The molecule has 0 bridgehead atoms. The van der Waals surface area contributed by atoms with Crippen molar-refractivity contribution in [1.29, 1.82) is 0 Å². The van der Waals surface area contributed by atoms with Gasteiger partial charge in [-0.25, -0.2) is 14.4 Å². The van der Waals surface area contributed by atoms with E-state index in [0.29, 0.717) is 35.2 Å². The number of hydrogen-bond acceptors (Lipinski definition) is 5. The summed E-state index contributed by atoms with van der Waals surface area (Å²) in [5.41, 5.74) is 5.58. The topological polar surface area (TPSA) is 50.3 Å². The molecule has 0 fully saturated rings. The fourth-order valence-electron chi connectivity index (χ4n) is 4.49. The third-order valence-electron chi connectivity index (χ3n) is 6.12. The Morgan fingerprint density at radius 1 is 1.22 bits per heavy atom. The van der Waals surface area contributed by atoms with Gasteiger partial charge >= 0.3 is 0 Å². The Kier molecular flexibility index (Phi) is 5.74. The Hall–Kier alpha value is -2.70. The van der Waals surface area contributed by atoms with E-state index in [-0.39, 0.29) is 11.7 Å². The fourth-order valence-corrected chi connectivity index (χ4v) is 4.76. The van der Waals surface area contributed by atoms with E-state index in [1.54, 1.807) is 6.07 Å². The molecule has 1 N–H and O–H groups in total. The smallest absolute Gasteiger partial charge is 0.167 e. The van der Waals surface area contributed by atoms with Crippen LogP contribution in [0.5, 0.6) is 5.75 Å². The average molecular weight is 453 g/mol. The molecule has 0 radical (unpaired) electrons. The molecule has 0 saturated heterocycles. The molecule has 0 unspecified atom stereocenters. The van der Waals surface area contributed by atoms with Gasteiger partial charge in [0.15, 0.2) is 11.6 Å². The number of anilines is 1. The lowest BCUT2D eigenvalue weighted by atomic mass is 9.97. The molecule has 0 amide bonds. The molecule has 5 nitrogen and oxygen atoms in total. The Morgan fingerprint density at radius 2 is 2.09 bits per heavy atom. The number of fused-ring (bicyclic) bond motifs is 2. The Morgan fingerprint density at radius 3 is 2.94 bits per heavy atom. The lowest BCUT2D eigenvalue weighted by Crippen LogP contribution is -2.38. The molecule has 32 heavy (non-hydrogen) atoms. The Labute approximate surface area is 192 Å². The first-order valence-corrected chi connectivity index (χ1v) is 11.4. The predicted molar refractivity (Wildman–Crippen MR) is 125 cm³/mol. The van der Waals surface area contributed by atoms with Crippen LogP contribution in [0.15, 0.2) is 36.5 Å². The highest BCUT2D eigenvalue weighted by Crippen LogP contribution is 2.42. The number of nitrogens with zero attached hydrogens (tertiary/aromatic N) is 3. The second kappa shape index (κ2) is 8.68. The molecule has 0 atom stereocenters. The quantitative estimate of drug-likeness (QED) is 0.617. The number of halogens is 2. The van der Waals surface area contributed by atoms with E-state index < -0.39 is 5.82 Å². The molecule has 5 rings (SSSR count). The normalized spacial score (nSPS) is 15.3. The highest BCUT2D eigenvalue weighted by atomic mass is 35.5. The standard InChI is InChI=1S/C25H26ClFN4O/c1-15(2)31-7-8-32-25-20(26)11-19(12-22(25)31)24-21(27)14-29-23(30-24)10-16-3-4-18-13-28-6-5-17(18)9-16/h3-4,9,11-12,14-15,28H,5-8,10,13H2,1-2H3. The molecule has 0 spiro atoms. The van der Waals surface area contributed by atoms with Crippen molar-refractivity contribution in [1.82, 2.24) is 15.3 Å². The van der Waals surface area contributed by atoms with Crippen molar-refractivity contribution < 1.29 is 9.13 Å². The van der Waals surface area contributed by atoms with Crippen molar-refractivity contribution in [3.63, 3.8) is 0 Å². The van der Waals surface area contributed by atoms with E-state index in [9.17, 15) is 4.39 Å². The van der Waals surface area contributed by atoms with Crippen molar-refractivity contribution in [3.05, 3.63) is 69.9 Å². The summed E-state index contributed by atoms with van der Waals surface area (Å²) >= 11 is 6.53. The van der Waals surface area contributed by atoms with Gasteiger partial charge in [-0.15, -0.1) is 0 Å². The van der Waals surface area contributed by atoms with Gasteiger partial charge in [-0.2, -0.15) is 0 Å². The summed E-state index contributed by atoms with van der Waals surface area (Å²) in [6.07, 6.45) is 2.82. The number of ether oxygens (including phenoxy) is 1. The predicted octanol–water partition coefficient (Wildman–Crippen LogP) is 4.78. The van der Waals surface area contributed by atoms with Crippen LogP contribution >= 0.6 is 11.6 Å². The molecule has 7 heteroatoms. The molecule has 3 heterocycles. The first-order valence-electron chi connectivity index (χ1n) is 11.1. The molecule has 166 valence electrons. The van der Waals surface area contributed by atoms with Crippen molar-refractivity contribution in [2.45, 2.75) is 39.3 Å². The summed E-state index contributed by atoms with van der Waals surface area (Å²) in [4.78, 5) is 11.1. The zero-order valence-electron chi connectivity index (χ0n) is 18.3. The molecule has 3 aromatic rings. The van der Waals surface area contributed by atoms with Gasteiger partial charge in [-0.3, -0.25) is 0 Å². The monoisotopic (exact) mass is 452 g/mol. The van der Waals surface area contributed by atoms with E-state index >= 15 is 0 Å². The maximum atomic E-state index is 14.8. The van der Waals surface area contributed by atoms with Gasteiger partial charge in [-0.05, 0) is 55.6 Å². The lowest BCUT2D eigenvalue weighted by Gasteiger charge is -2.35. The van der Waals surface area contributed by atoms with Crippen LogP contribution in [0.25, 0.3) is 11.3 Å². The van der Waals surface area contributed by atoms with E-state index in [4.69, 9.17) is 16.3 Å². The third-order valence-corrected chi connectivity index (χ3v) is 6.40. The lowest BCUT2D eigenvalue weighted by molar-refractivity contribution is 0.303. The summed E-state index contributed by atoms with van der Waals surface area (Å²) in [7, 11) is 0. The second-order valence-electron chi connectivity index (χ2n) is 8.63. The zero-order chi connectivity index (χ0) is 22.2. The molecule has 2 aliphatic heterocycles. The SMILES string of the molecule is CC(C)N1CCOc2c(Cl)cc(-c3nc(Cc4ccc5c(c4)CCNC5)ncc3F)cc21. The van der Waals surface area contributed by atoms with Gasteiger partial charge in [0, 0.05) is 24.6 Å². The second-order valence-corrected chi connectivity index (χ2v) is 9.04. The van der Waals surface area contributed by atoms with Crippen LogP contribution in [0.2, 0.25) is 5.02 Å². The largest absolute Gasteiger partial charge is 0.488 e. The molecular weight excluding hydrogens is 427 g/mol. The number of hydrogen-bond donors (Lipinski definition) is 1. The van der Waals surface area contributed by atoms with E-state index in [0.717, 1.165) is 37.3 Å². The van der Waals surface area contributed by atoms with Crippen molar-refractivity contribution >= 4 is 17.3 Å². The van der Waals surface area contributed by atoms with Crippen molar-refractivity contribution in [3.8, 4) is 17.0 Å². The Bertz CT molecular complexity index is 1170. The maximum absolute atomic E-state index is 14.8. The van der Waals surface area contributed by atoms with Crippen LogP contribution in [0.1, 0.15) is 36.4 Å². The van der Waals surface area contributed by atoms with Crippen LogP contribution in [0.3, 0.4) is 0 Å². The van der Waals surface area contributed by atoms with E-state index in [1.807, 2.05) is 6.07 Å². The highest BCUT2D eigenvalue weighted by Gasteiger charge is 2.25. The van der Waals surface area contributed by atoms with Crippen LogP contribution in [0.4, 0.5) is 10.1 Å². The van der Waals surface area contributed by atoms with Gasteiger partial charge in [0.1, 0.15) is 18.1 Å². The van der Waals surface area contributed by atoms with Gasteiger partial charge in [0.05, 0.1) is 23.5 Å². The molecule has 2 aromatic carbocycles. The molecular formula is C25H26ClFN4O. The minimum atomic E-state index is -0.464. The van der Waals surface area contributed by atoms with Crippen LogP contribution in [0, 0.1) is 5.82 Å². The number of nitrogens with one attached hydrogen (secondary N) is 1. The minimum absolute atomic E-state index is 0.260. The first kappa shape index (κ1) is 21.2.